The highest BCUT2D eigenvalue weighted by Gasteiger charge is 2.27. The summed E-state index contributed by atoms with van der Waals surface area (Å²) < 4.78 is 30.3. The molecule has 0 aliphatic rings. The summed E-state index contributed by atoms with van der Waals surface area (Å²) in [6, 6.07) is -0.910. The van der Waals surface area contributed by atoms with Crippen LogP contribution in [0.15, 0.2) is 109 Å². The van der Waals surface area contributed by atoms with Gasteiger partial charge in [0.25, 0.3) is 7.82 Å². The third-order valence-electron chi connectivity index (χ3n) is 13.2. The minimum atomic E-state index is -4.71. The zero-order valence-corrected chi connectivity index (χ0v) is 51.3. The fourth-order valence-electron chi connectivity index (χ4n) is 8.38. The average Bonchev–Trinajstić information content (AvgIpc) is 3.39. The summed E-state index contributed by atoms with van der Waals surface area (Å²) in [5.41, 5.74) is 0. The number of phosphoric acid groups is 1. The highest BCUT2D eigenvalue weighted by molar-refractivity contribution is 7.45. The van der Waals surface area contributed by atoms with E-state index >= 15 is 0 Å². The maximum atomic E-state index is 13.5. The van der Waals surface area contributed by atoms with E-state index in [1.54, 1.807) is 0 Å². The topological polar surface area (TPSA) is 114 Å². The smallest absolute Gasteiger partial charge is 0.306 e. The van der Waals surface area contributed by atoms with Gasteiger partial charge in [0, 0.05) is 12.8 Å². The third kappa shape index (κ3) is 57.2. The Morgan fingerprint density at radius 2 is 0.831 bits per heavy atom. The first-order valence-corrected chi connectivity index (χ1v) is 32.7. The highest BCUT2D eigenvalue weighted by Crippen LogP contribution is 2.38. The number of esters is 1. The van der Waals surface area contributed by atoms with Crippen LogP contribution in [-0.2, 0) is 27.9 Å². The van der Waals surface area contributed by atoms with Crippen LogP contribution < -0.4 is 10.2 Å². The number of amides is 1. The second-order valence-electron chi connectivity index (χ2n) is 21.8. The van der Waals surface area contributed by atoms with Crippen molar-refractivity contribution < 1.29 is 37.3 Å². The van der Waals surface area contributed by atoms with Crippen LogP contribution in [0.25, 0.3) is 0 Å². The number of likely N-dealkylation sites (N-methyl/N-ethyl adjacent to an activating group) is 1. The van der Waals surface area contributed by atoms with E-state index in [9.17, 15) is 19.0 Å². The maximum absolute atomic E-state index is 13.5. The number of allylic oxidation sites excluding steroid dienone is 17. The Balaban J connectivity index is 5.26. The number of carbonyl (C=O) groups excluding carboxylic acids is 2. The Labute approximate surface area is 474 Å². The van der Waals surface area contributed by atoms with Crippen molar-refractivity contribution in [1.29, 1.82) is 0 Å². The molecular weight excluding hydrogens is 976 g/mol. The Hall–Kier alpha value is -3.33. The van der Waals surface area contributed by atoms with Crippen molar-refractivity contribution in [2.24, 2.45) is 0 Å². The number of nitrogens with zero attached hydrogens (tertiary/aromatic N) is 1. The normalized spacial score (nSPS) is 14.4. The summed E-state index contributed by atoms with van der Waals surface area (Å²) in [5.74, 6) is -0.585. The molecule has 9 nitrogen and oxygen atoms in total. The van der Waals surface area contributed by atoms with Gasteiger partial charge in [0.2, 0.25) is 5.91 Å². The van der Waals surface area contributed by atoms with Crippen LogP contribution in [0.5, 0.6) is 0 Å². The second kappa shape index (κ2) is 56.0. The van der Waals surface area contributed by atoms with Gasteiger partial charge in [-0.2, -0.15) is 0 Å². The van der Waals surface area contributed by atoms with Crippen molar-refractivity contribution in [1.82, 2.24) is 5.32 Å². The molecule has 0 spiro atoms. The molecule has 0 aromatic heterocycles. The monoisotopic (exact) mass is 1090 g/mol. The predicted octanol–water partition coefficient (Wildman–Crippen LogP) is 18.7. The van der Waals surface area contributed by atoms with Crippen LogP contribution in [0.3, 0.4) is 0 Å². The van der Waals surface area contributed by atoms with Gasteiger partial charge >= 0.3 is 5.97 Å². The van der Waals surface area contributed by atoms with Crippen LogP contribution in [-0.4, -0.2) is 69.4 Å². The van der Waals surface area contributed by atoms with Crippen LogP contribution in [0.4, 0.5) is 0 Å². The molecule has 1 N–H and O–H groups in total. The van der Waals surface area contributed by atoms with Gasteiger partial charge in [-0.25, -0.2) is 0 Å². The Bertz CT molecular complexity index is 1690. The minimum absolute atomic E-state index is 0.0341. The van der Waals surface area contributed by atoms with Crippen LogP contribution in [0.1, 0.15) is 252 Å². The number of carbonyl (C=O) groups is 2. The fraction of sp³-hybridized carbons (Fsp3) is 0.701. The van der Waals surface area contributed by atoms with E-state index < -0.39 is 26.6 Å². The van der Waals surface area contributed by atoms with Crippen molar-refractivity contribution in [3.8, 4) is 0 Å². The molecule has 0 aromatic carbocycles. The summed E-state index contributed by atoms with van der Waals surface area (Å²) >= 11 is 0. The van der Waals surface area contributed by atoms with Crippen molar-refractivity contribution in [3.63, 3.8) is 0 Å². The van der Waals surface area contributed by atoms with E-state index in [1.165, 1.54) is 89.9 Å². The molecule has 77 heavy (non-hydrogen) atoms. The molecule has 1 amide bonds. The molecule has 0 saturated carbocycles. The number of ether oxygens (including phenoxy) is 1. The molecule has 3 atom stereocenters. The van der Waals surface area contributed by atoms with Gasteiger partial charge in [-0.05, 0) is 115 Å². The lowest BCUT2D eigenvalue weighted by atomic mass is 10.1. The van der Waals surface area contributed by atoms with Crippen LogP contribution >= 0.6 is 7.82 Å². The van der Waals surface area contributed by atoms with E-state index in [-0.39, 0.29) is 24.9 Å². The molecule has 0 fully saturated rings. The molecule has 0 aromatic rings. The van der Waals surface area contributed by atoms with Gasteiger partial charge in [-0.3, -0.25) is 14.2 Å². The molecule has 0 bridgehead atoms. The van der Waals surface area contributed by atoms with E-state index in [1.807, 2.05) is 33.3 Å². The molecule has 0 saturated heterocycles. The van der Waals surface area contributed by atoms with Gasteiger partial charge in [0.15, 0.2) is 0 Å². The Morgan fingerprint density at radius 3 is 1.27 bits per heavy atom. The summed E-state index contributed by atoms with van der Waals surface area (Å²) in [5, 5.41) is 3.01. The van der Waals surface area contributed by atoms with Gasteiger partial charge in [0.05, 0.1) is 33.8 Å². The van der Waals surface area contributed by atoms with Gasteiger partial charge in [-0.1, -0.05) is 233 Å². The summed E-state index contributed by atoms with van der Waals surface area (Å²) in [6.07, 6.45) is 76.2. The van der Waals surface area contributed by atoms with Gasteiger partial charge in [-0.15, -0.1) is 0 Å². The maximum Gasteiger partial charge on any atom is 0.306 e. The van der Waals surface area contributed by atoms with Crippen LogP contribution in [0.2, 0.25) is 0 Å². The highest BCUT2D eigenvalue weighted by atomic mass is 31.2. The predicted molar refractivity (Wildman–Crippen MR) is 330 cm³/mol. The second-order valence-corrected chi connectivity index (χ2v) is 23.2. The average molecular weight is 1090 g/mol. The van der Waals surface area contributed by atoms with E-state index in [0.717, 1.165) is 122 Å². The lowest BCUT2D eigenvalue weighted by Crippen LogP contribution is -2.47. The number of unbranched alkanes of at least 4 members (excludes halogenated alkanes) is 23. The summed E-state index contributed by atoms with van der Waals surface area (Å²) in [6.45, 7) is 6.66. The zero-order valence-electron chi connectivity index (χ0n) is 50.4. The van der Waals surface area contributed by atoms with Crippen molar-refractivity contribution in [2.75, 3.05) is 40.9 Å². The van der Waals surface area contributed by atoms with Crippen molar-refractivity contribution in [2.45, 2.75) is 264 Å². The first kappa shape index (κ1) is 73.7. The van der Waals surface area contributed by atoms with Crippen molar-refractivity contribution in [3.05, 3.63) is 109 Å². The number of nitrogens with one attached hydrogen (secondary N) is 1. The number of rotatable bonds is 55. The lowest BCUT2D eigenvalue weighted by molar-refractivity contribution is -0.870. The van der Waals surface area contributed by atoms with E-state index in [0.29, 0.717) is 23.9 Å². The Morgan fingerprint density at radius 1 is 0.468 bits per heavy atom. The van der Waals surface area contributed by atoms with Gasteiger partial charge in [0.1, 0.15) is 19.3 Å². The quantitative estimate of drug-likeness (QED) is 0.0212. The van der Waals surface area contributed by atoms with Gasteiger partial charge < -0.3 is 28.5 Å². The fourth-order valence-corrected chi connectivity index (χ4v) is 9.10. The van der Waals surface area contributed by atoms with Crippen molar-refractivity contribution >= 4 is 19.7 Å². The number of phosphoric ester groups is 1. The van der Waals surface area contributed by atoms with Crippen LogP contribution in [0, 0.1) is 0 Å². The number of hydrogen-bond acceptors (Lipinski definition) is 7. The molecule has 0 aliphatic carbocycles. The summed E-state index contributed by atoms with van der Waals surface area (Å²) in [4.78, 5) is 40.0. The SMILES string of the molecule is CC/C=C\C/C=C\C/C=C\C/C=C\C/C=C\CCCCCCCCCC(=O)NC(COP(=O)([O-])OCC[N+](C)(C)C)C(/C=C\CCCCCCCCCCC)OC(=O)CCCCCC/C=C\C/C=C\C/C=C\CCCCC. The molecule has 0 radical (unpaired) electrons. The Kier molecular flexibility index (Phi) is 53.5. The largest absolute Gasteiger partial charge is 0.756 e. The third-order valence-corrected chi connectivity index (χ3v) is 14.2. The molecule has 0 aliphatic heterocycles. The first-order chi connectivity index (χ1) is 37.4. The zero-order chi connectivity index (χ0) is 56.4. The number of hydrogen-bond donors (Lipinski definition) is 1. The first-order valence-electron chi connectivity index (χ1n) is 31.2. The molecule has 3 unspecified atom stereocenters. The van der Waals surface area contributed by atoms with E-state index in [2.05, 4.69) is 123 Å². The minimum Gasteiger partial charge on any atom is -0.756 e. The molecule has 0 heterocycles. The molecule has 442 valence electrons. The lowest BCUT2D eigenvalue weighted by Gasteiger charge is -2.30. The molecular formula is C67H117N2O7P. The number of quaternary nitrogens is 1. The van der Waals surface area contributed by atoms with E-state index in [4.69, 9.17) is 13.8 Å². The standard InChI is InChI=1S/C67H117N2O7P/c1-7-10-13-16-19-22-25-27-29-31-32-33-34-35-36-38-39-41-44-47-50-53-56-59-66(70)68-64(63-75-77(72,73)74-62-61-69(4,5)6)65(58-55-52-49-46-43-24-21-18-15-12-9-3)76-67(71)60-57-54-51-48-45-42-40-37-30-28-26-23-20-17-14-11-8-2/h10,13,19-20,22-23,27-30,32-33,35-36,40,42,55,58,64-65H,7-9,11-12,14-18,21,24-26,31,34,37-39,41,43-54,56-57,59-63H2,1-6H3,(H-,68,70,72,73)/b13-10-,22-19-,23-20-,29-27-,30-28-,33-32-,36-35-,42-40-,58-55-. The molecule has 10 heteroatoms. The summed E-state index contributed by atoms with van der Waals surface area (Å²) in [7, 11) is 1.15. The molecule has 0 rings (SSSR count).